The number of hydrogen-bond acceptors (Lipinski definition) is 2. The summed E-state index contributed by atoms with van der Waals surface area (Å²) < 4.78 is 6.63. The van der Waals surface area contributed by atoms with E-state index < -0.39 is 0 Å². The minimum Gasteiger partial charge on any atom is -0.456 e. The summed E-state index contributed by atoms with van der Waals surface area (Å²) in [6.07, 6.45) is 0. The van der Waals surface area contributed by atoms with Crippen LogP contribution in [-0.4, -0.2) is 0 Å². The molecule has 0 unspecified atom stereocenters. The maximum absolute atomic E-state index is 6.63. The first kappa shape index (κ1) is 28.6. The lowest BCUT2D eigenvalue weighted by molar-refractivity contribution is 0.667. The largest absolute Gasteiger partial charge is 0.456 e. The van der Waals surface area contributed by atoms with E-state index in [2.05, 4.69) is 194 Å². The summed E-state index contributed by atoms with van der Waals surface area (Å²) in [7, 11) is 0. The summed E-state index contributed by atoms with van der Waals surface area (Å²) in [5.74, 6) is 0. The SMILES string of the molecule is CC1(c2ccc3oc4cc(N(c5ccc(-c6ccccc6)cc5)c5ccc6ccccc6c5)ccc4c3c2)c2ccccc2-c2ccccc21. The molecule has 0 spiro atoms. The minimum absolute atomic E-state index is 0.260. The lowest BCUT2D eigenvalue weighted by Gasteiger charge is -2.28. The van der Waals surface area contributed by atoms with E-state index >= 15 is 0 Å². The molecule has 2 nitrogen and oxygen atoms in total. The number of benzene rings is 8. The normalized spacial score (nSPS) is 13.1. The monoisotopic (exact) mass is 639 g/mol. The molecule has 0 fully saturated rings. The molecule has 0 saturated heterocycles. The van der Waals surface area contributed by atoms with E-state index in [1.807, 2.05) is 0 Å². The molecule has 0 N–H and O–H groups in total. The first-order chi connectivity index (χ1) is 24.6. The van der Waals surface area contributed by atoms with Gasteiger partial charge in [-0.2, -0.15) is 0 Å². The second-order valence-electron chi connectivity index (χ2n) is 13.5. The predicted molar refractivity (Wildman–Crippen MR) is 209 cm³/mol. The zero-order valence-corrected chi connectivity index (χ0v) is 27.7. The van der Waals surface area contributed by atoms with Crippen molar-refractivity contribution in [1.29, 1.82) is 0 Å². The highest BCUT2D eigenvalue weighted by Gasteiger charge is 2.40. The van der Waals surface area contributed by atoms with E-state index in [0.717, 1.165) is 39.0 Å². The molecule has 0 atom stereocenters. The molecular formula is C48H33NO. The van der Waals surface area contributed by atoms with Crippen LogP contribution in [0.2, 0.25) is 0 Å². The van der Waals surface area contributed by atoms with Crippen LogP contribution in [0.4, 0.5) is 17.1 Å². The van der Waals surface area contributed by atoms with Gasteiger partial charge < -0.3 is 9.32 Å². The van der Waals surface area contributed by atoms with Crippen LogP contribution in [0.1, 0.15) is 23.6 Å². The third-order valence-electron chi connectivity index (χ3n) is 10.7. The van der Waals surface area contributed by atoms with Gasteiger partial charge in [0.2, 0.25) is 0 Å². The van der Waals surface area contributed by atoms with E-state index in [4.69, 9.17) is 4.42 Å². The number of anilines is 3. The van der Waals surface area contributed by atoms with Crippen LogP contribution in [-0.2, 0) is 5.41 Å². The molecule has 0 radical (unpaired) electrons. The Balaban J connectivity index is 1.11. The van der Waals surface area contributed by atoms with E-state index in [0.29, 0.717) is 0 Å². The molecule has 0 bridgehead atoms. The van der Waals surface area contributed by atoms with Gasteiger partial charge in [0.05, 0.1) is 0 Å². The van der Waals surface area contributed by atoms with E-state index in [-0.39, 0.29) is 5.41 Å². The molecule has 10 rings (SSSR count). The van der Waals surface area contributed by atoms with Gasteiger partial charge in [0.1, 0.15) is 11.2 Å². The second kappa shape index (κ2) is 11.1. The first-order valence-electron chi connectivity index (χ1n) is 17.3. The molecule has 9 aromatic rings. The second-order valence-corrected chi connectivity index (χ2v) is 13.5. The fourth-order valence-corrected chi connectivity index (χ4v) is 8.18. The Labute approximate surface area is 291 Å². The van der Waals surface area contributed by atoms with Gasteiger partial charge >= 0.3 is 0 Å². The van der Waals surface area contributed by atoms with E-state index in [1.165, 1.54) is 49.7 Å². The molecule has 2 heteroatoms. The Morgan fingerprint density at radius 3 is 1.78 bits per heavy atom. The topological polar surface area (TPSA) is 16.4 Å². The lowest BCUT2D eigenvalue weighted by atomic mass is 9.74. The first-order valence-corrected chi connectivity index (χ1v) is 17.3. The van der Waals surface area contributed by atoms with Crippen LogP contribution < -0.4 is 4.90 Å². The highest BCUT2D eigenvalue weighted by molar-refractivity contribution is 6.07. The number of fused-ring (bicyclic) bond motifs is 7. The van der Waals surface area contributed by atoms with Crippen molar-refractivity contribution in [2.45, 2.75) is 12.3 Å². The highest BCUT2D eigenvalue weighted by Crippen LogP contribution is 2.53. The summed E-state index contributed by atoms with van der Waals surface area (Å²) >= 11 is 0. The molecule has 236 valence electrons. The molecule has 8 aromatic carbocycles. The standard InChI is InChI=1S/C48H33NO/c1-48(44-17-9-7-15-40(44)41-16-8-10-18-45(41)48)36-22-28-46-43(30-36)42-27-26-39(31-47(42)50-46)49(38-25-21-33-13-5-6-14-35(33)29-38)37-23-19-34(20-24-37)32-11-3-2-4-12-32/h2-31H,1H3. The molecule has 1 aliphatic carbocycles. The van der Waals surface area contributed by atoms with Crippen LogP contribution in [0.3, 0.4) is 0 Å². The maximum atomic E-state index is 6.63. The Bertz CT molecular complexity index is 2670. The van der Waals surface area contributed by atoms with Gasteiger partial charge in [-0.05, 0) is 105 Å². The van der Waals surface area contributed by atoms with Gasteiger partial charge in [-0.1, -0.05) is 127 Å². The number of hydrogen-bond donors (Lipinski definition) is 0. The highest BCUT2D eigenvalue weighted by atomic mass is 16.3. The van der Waals surface area contributed by atoms with Crippen molar-refractivity contribution in [1.82, 2.24) is 0 Å². The average Bonchev–Trinajstić information content (AvgIpc) is 3.68. The van der Waals surface area contributed by atoms with Gasteiger partial charge in [0.15, 0.2) is 0 Å². The minimum atomic E-state index is -0.260. The van der Waals surface area contributed by atoms with E-state index in [1.54, 1.807) is 0 Å². The maximum Gasteiger partial charge on any atom is 0.137 e. The molecule has 1 heterocycles. The molecule has 50 heavy (non-hydrogen) atoms. The summed E-state index contributed by atoms with van der Waals surface area (Å²) in [5, 5.41) is 4.68. The Kier molecular flexibility index (Phi) is 6.34. The van der Waals surface area contributed by atoms with Gasteiger partial charge in [-0.3, -0.25) is 0 Å². The van der Waals surface area contributed by atoms with Crippen molar-refractivity contribution >= 4 is 49.8 Å². The Morgan fingerprint density at radius 2 is 1.02 bits per heavy atom. The molecule has 1 aromatic heterocycles. The van der Waals surface area contributed by atoms with Gasteiger partial charge in [0.25, 0.3) is 0 Å². The van der Waals surface area contributed by atoms with Crippen LogP contribution in [0.25, 0.3) is 55.0 Å². The van der Waals surface area contributed by atoms with Gasteiger partial charge in [0, 0.05) is 39.3 Å². The van der Waals surface area contributed by atoms with Crippen LogP contribution >= 0.6 is 0 Å². The van der Waals surface area contributed by atoms with E-state index in [9.17, 15) is 0 Å². The molecular weight excluding hydrogens is 607 g/mol. The lowest BCUT2D eigenvalue weighted by Crippen LogP contribution is -2.22. The van der Waals surface area contributed by atoms with Crippen molar-refractivity contribution in [2.75, 3.05) is 4.90 Å². The Hall–Kier alpha value is -6.38. The molecule has 0 aliphatic heterocycles. The summed E-state index contributed by atoms with van der Waals surface area (Å²) in [4.78, 5) is 2.33. The number of nitrogens with zero attached hydrogens (tertiary/aromatic N) is 1. The van der Waals surface area contributed by atoms with Crippen LogP contribution in [0.15, 0.2) is 186 Å². The zero-order chi connectivity index (χ0) is 33.2. The van der Waals surface area contributed by atoms with Crippen molar-refractivity contribution in [3.05, 3.63) is 199 Å². The van der Waals surface area contributed by atoms with Crippen molar-refractivity contribution < 1.29 is 4.42 Å². The third kappa shape index (κ3) is 4.35. The number of furan rings is 1. The molecule has 0 saturated carbocycles. The zero-order valence-electron chi connectivity index (χ0n) is 27.7. The van der Waals surface area contributed by atoms with Crippen molar-refractivity contribution in [3.8, 4) is 22.3 Å². The smallest absolute Gasteiger partial charge is 0.137 e. The molecule has 1 aliphatic rings. The van der Waals surface area contributed by atoms with Crippen molar-refractivity contribution in [3.63, 3.8) is 0 Å². The molecule has 0 amide bonds. The third-order valence-corrected chi connectivity index (χ3v) is 10.7. The summed E-state index contributed by atoms with van der Waals surface area (Å²) in [6, 6.07) is 65.7. The summed E-state index contributed by atoms with van der Waals surface area (Å²) in [5.41, 5.74) is 13.7. The Morgan fingerprint density at radius 1 is 0.420 bits per heavy atom. The summed E-state index contributed by atoms with van der Waals surface area (Å²) in [6.45, 7) is 2.36. The van der Waals surface area contributed by atoms with Crippen LogP contribution in [0.5, 0.6) is 0 Å². The quantitative estimate of drug-likeness (QED) is 0.186. The van der Waals surface area contributed by atoms with Crippen molar-refractivity contribution in [2.24, 2.45) is 0 Å². The number of rotatable bonds is 5. The average molecular weight is 640 g/mol. The predicted octanol–water partition coefficient (Wildman–Crippen LogP) is 13.2. The van der Waals surface area contributed by atoms with Gasteiger partial charge in [-0.15, -0.1) is 0 Å². The fraction of sp³-hybridized carbons (Fsp3) is 0.0417. The fourth-order valence-electron chi connectivity index (χ4n) is 8.18. The van der Waals surface area contributed by atoms with Gasteiger partial charge in [-0.25, -0.2) is 0 Å². The van der Waals surface area contributed by atoms with Crippen LogP contribution in [0, 0.1) is 0 Å².